The van der Waals surface area contributed by atoms with Crippen molar-refractivity contribution in [2.24, 2.45) is 23.7 Å². The van der Waals surface area contributed by atoms with E-state index in [0.29, 0.717) is 32.5 Å². The maximum atomic E-state index is 14.4. The molecule has 16 nitrogen and oxygen atoms in total. The molecule has 332 valence electrons. The molecular formula is C43H74N10O6. The number of hydrogen-bond acceptors (Lipinski definition) is 11. The van der Waals surface area contributed by atoms with Gasteiger partial charge in [0.1, 0.15) is 6.04 Å². The lowest BCUT2D eigenvalue weighted by atomic mass is 9.89. The average molecular weight is 827 g/mol. The highest BCUT2D eigenvalue weighted by Gasteiger charge is 2.43. The first-order valence-corrected chi connectivity index (χ1v) is 21.3. The molecule has 0 aliphatic carbocycles. The number of carbonyl (C=O) groups excluding carboxylic acids is 4. The lowest BCUT2D eigenvalue weighted by Gasteiger charge is -2.41. The van der Waals surface area contributed by atoms with Crippen LogP contribution in [0.3, 0.4) is 0 Å². The van der Waals surface area contributed by atoms with E-state index in [1.54, 1.807) is 43.2 Å². The lowest BCUT2D eigenvalue weighted by molar-refractivity contribution is -0.148. The molecular weight excluding hydrogens is 753 g/mol. The molecule has 0 radical (unpaired) electrons. The number of hydrogen-bond donors (Lipinski definition) is 3. The second-order valence-electron chi connectivity index (χ2n) is 17.2. The first kappa shape index (κ1) is 49.4. The van der Waals surface area contributed by atoms with E-state index in [4.69, 9.17) is 9.47 Å². The SMILES string of the molecule is CC[C@H](C)[C@@H](C(CC(=O)N1CCC[C@H]1[C@@H](OC)C(C)C(=O)N[C@H](Cc1ccncc1)Cn1cc(CNC)nn1)OC)N(C)C(=O)[C@@H](NC(=O)[C@H](C(C)C)N(C)C)C(C)C. The number of ether oxygens (including phenoxy) is 2. The lowest BCUT2D eigenvalue weighted by Crippen LogP contribution is -2.59. The van der Waals surface area contributed by atoms with Crippen LogP contribution in [-0.2, 0) is 48.2 Å². The van der Waals surface area contributed by atoms with Crippen LogP contribution in [0.25, 0.3) is 0 Å². The van der Waals surface area contributed by atoms with E-state index < -0.39 is 36.3 Å². The predicted octanol–water partition coefficient (Wildman–Crippen LogP) is 2.77. The molecule has 0 spiro atoms. The largest absolute Gasteiger partial charge is 0.379 e. The molecule has 1 fully saturated rings. The molecule has 2 unspecified atom stereocenters. The summed E-state index contributed by atoms with van der Waals surface area (Å²) in [5.41, 5.74) is 1.82. The van der Waals surface area contributed by atoms with Crippen molar-refractivity contribution in [2.45, 2.75) is 136 Å². The van der Waals surface area contributed by atoms with E-state index in [1.807, 2.05) is 83.9 Å². The molecule has 2 aromatic heterocycles. The minimum absolute atomic E-state index is 0.0206. The van der Waals surface area contributed by atoms with Gasteiger partial charge in [0.25, 0.3) is 0 Å². The van der Waals surface area contributed by atoms with Crippen molar-refractivity contribution in [3.8, 4) is 0 Å². The van der Waals surface area contributed by atoms with E-state index in [1.165, 1.54) is 0 Å². The highest BCUT2D eigenvalue weighted by atomic mass is 16.5. The second-order valence-corrected chi connectivity index (χ2v) is 17.2. The Morgan fingerprint density at radius 3 is 2.19 bits per heavy atom. The summed E-state index contributed by atoms with van der Waals surface area (Å²) in [7, 11) is 10.5. The molecule has 9 atom stereocenters. The first-order valence-electron chi connectivity index (χ1n) is 21.3. The van der Waals surface area contributed by atoms with Crippen molar-refractivity contribution in [1.29, 1.82) is 0 Å². The van der Waals surface area contributed by atoms with Gasteiger partial charge < -0.3 is 35.2 Å². The molecule has 0 saturated carbocycles. The summed E-state index contributed by atoms with van der Waals surface area (Å²) in [6.07, 6.45) is 6.92. The van der Waals surface area contributed by atoms with Crippen molar-refractivity contribution in [1.82, 2.24) is 50.6 Å². The molecule has 1 aliphatic heterocycles. The summed E-state index contributed by atoms with van der Waals surface area (Å²) >= 11 is 0. The zero-order valence-electron chi connectivity index (χ0n) is 38.0. The number of methoxy groups -OCH3 is 2. The van der Waals surface area contributed by atoms with Crippen molar-refractivity contribution in [3.05, 3.63) is 42.0 Å². The van der Waals surface area contributed by atoms with Crippen LogP contribution in [0.5, 0.6) is 0 Å². The van der Waals surface area contributed by atoms with Gasteiger partial charge >= 0.3 is 0 Å². The van der Waals surface area contributed by atoms with E-state index >= 15 is 0 Å². The van der Waals surface area contributed by atoms with Gasteiger partial charge in [0, 0.05) is 52.9 Å². The van der Waals surface area contributed by atoms with E-state index in [-0.39, 0.29) is 59.9 Å². The van der Waals surface area contributed by atoms with Crippen LogP contribution in [0.2, 0.25) is 0 Å². The number of pyridine rings is 1. The molecule has 0 aromatic carbocycles. The van der Waals surface area contributed by atoms with Gasteiger partial charge in [-0.05, 0) is 75.9 Å². The standard InChI is InChI=1S/C43H74N10O6/c1-14-29(6)39(51(11)43(57)37(27(2)3)47-42(56)38(28(4)5)50(9)10)35(58-12)23-36(54)53-21-15-16-34(53)40(59-13)30(7)41(55)46-32(22-31-17-19-45-20-18-31)25-52-26-33(24-44-8)48-49-52/h17-20,26-30,32,34-35,37-40,44H,14-16,21-25H2,1-13H3,(H,46,55)(H,47,56)/t29-,30?,32+,34-,35?,37-,38-,39-,40-/m0/s1. The molecule has 2 aromatic rings. The fourth-order valence-electron chi connectivity index (χ4n) is 8.62. The van der Waals surface area contributed by atoms with Gasteiger partial charge in [-0.15, -0.1) is 5.10 Å². The van der Waals surface area contributed by atoms with Crippen molar-refractivity contribution < 1.29 is 28.7 Å². The van der Waals surface area contributed by atoms with Crippen molar-refractivity contribution in [2.75, 3.05) is 49.0 Å². The summed E-state index contributed by atoms with van der Waals surface area (Å²) < 4.78 is 13.9. The van der Waals surface area contributed by atoms with Gasteiger partial charge in [0.2, 0.25) is 23.6 Å². The maximum Gasteiger partial charge on any atom is 0.245 e. The minimum atomic E-state index is -0.761. The first-order chi connectivity index (χ1) is 28.0. The Morgan fingerprint density at radius 1 is 0.949 bits per heavy atom. The van der Waals surface area contributed by atoms with Crippen LogP contribution in [0.15, 0.2) is 30.7 Å². The van der Waals surface area contributed by atoms with Gasteiger partial charge in [0.05, 0.1) is 61.0 Å². The average Bonchev–Trinajstić information content (AvgIpc) is 3.86. The number of aromatic nitrogens is 4. The number of rotatable bonds is 24. The third kappa shape index (κ3) is 13.5. The summed E-state index contributed by atoms with van der Waals surface area (Å²) in [4.78, 5) is 65.7. The van der Waals surface area contributed by atoms with E-state index in [9.17, 15) is 19.2 Å². The number of likely N-dealkylation sites (N-methyl/N-ethyl adjacent to an activating group) is 2. The predicted molar refractivity (Wildman–Crippen MR) is 228 cm³/mol. The number of likely N-dealkylation sites (tertiary alicyclic amines) is 1. The summed E-state index contributed by atoms with van der Waals surface area (Å²) in [6.45, 7) is 15.3. The molecule has 1 saturated heterocycles. The molecule has 16 heteroatoms. The topological polar surface area (TPSA) is 176 Å². The van der Waals surface area contributed by atoms with Crippen LogP contribution in [0.1, 0.15) is 85.4 Å². The number of amides is 4. The highest BCUT2D eigenvalue weighted by Crippen LogP contribution is 2.30. The Balaban J connectivity index is 1.80. The van der Waals surface area contributed by atoms with Crippen LogP contribution in [0.4, 0.5) is 0 Å². The molecule has 3 N–H and O–H groups in total. The van der Waals surface area contributed by atoms with Gasteiger partial charge in [-0.3, -0.25) is 33.7 Å². The highest BCUT2D eigenvalue weighted by molar-refractivity contribution is 5.90. The second kappa shape index (κ2) is 23.7. The molecule has 4 amide bonds. The van der Waals surface area contributed by atoms with Gasteiger partial charge in [-0.25, -0.2) is 0 Å². The molecule has 59 heavy (non-hydrogen) atoms. The zero-order valence-corrected chi connectivity index (χ0v) is 38.0. The van der Waals surface area contributed by atoms with Crippen molar-refractivity contribution >= 4 is 23.6 Å². The van der Waals surface area contributed by atoms with E-state index in [0.717, 1.165) is 24.1 Å². The number of nitrogens with one attached hydrogen (secondary N) is 3. The Hall–Kier alpha value is -3.99. The Labute approximate surface area is 352 Å². The number of nitrogens with zero attached hydrogens (tertiary/aromatic N) is 7. The number of carbonyl (C=O) groups is 4. The smallest absolute Gasteiger partial charge is 0.245 e. The van der Waals surface area contributed by atoms with Crippen LogP contribution in [-0.4, -0.2) is 150 Å². The molecule has 3 rings (SSSR count). The molecule has 3 heterocycles. The molecule has 1 aliphatic rings. The zero-order chi connectivity index (χ0) is 44.0. The normalized spacial score (nSPS) is 18.6. The Morgan fingerprint density at radius 2 is 1.63 bits per heavy atom. The van der Waals surface area contributed by atoms with E-state index in [2.05, 4.69) is 45.1 Å². The molecule has 0 bridgehead atoms. The fourth-order valence-corrected chi connectivity index (χ4v) is 8.62. The van der Waals surface area contributed by atoms with Crippen LogP contribution < -0.4 is 16.0 Å². The van der Waals surface area contributed by atoms with Gasteiger partial charge in [-0.2, -0.15) is 0 Å². The summed E-state index contributed by atoms with van der Waals surface area (Å²) in [5, 5.41) is 17.9. The quantitative estimate of drug-likeness (QED) is 0.142. The maximum absolute atomic E-state index is 14.4. The monoisotopic (exact) mass is 827 g/mol. The summed E-state index contributed by atoms with van der Waals surface area (Å²) in [5.74, 6) is -1.47. The Bertz CT molecular complexity index is 1600. The fraction of sp³-hybridized carbons (Fsp3) is 0.744. The van der Waals surface area contributed by atoms with Crippen LogP contribution in [0, 0.1) is 23.7 Å². The minimum Gasteiger partial charge on any atom is -0.379 e. The van der Waals surface area contributed by atoms with Gasteiger partial charge in [-0.1, -0.05) is 60.1 Å². The third-order valence-electron chi connectivity index (χ3n) is 11.9. The summed E-state index contributed by atoms with van der Waals surface area (Å²) in [6, 6.07) is 1.61. The Kier molecular flexibility index (Phi) is 19.8. The van der Waals surface area contributed by atoms with Gasteiger partial charge in [0.15, 0.2) is 0 Å². The van der Waals surface area contributed by atoms with Crippen LogP contribution >= 0.6 is 0 Å². The van der Waals surface area contributed by atoms with Crippen molar-refractivity contribution in [3.63, 3.8) is 0 Å². The third-order valence-corrected chi connectivity index (χ3v) is 11.9.